The first-order valence-corrected chi connectivity index (χ1v) is 11.8. The summed E-state index contributed by atoms with van der Waals surface area (Å²) in [7, 11) is 0. The Bertz CT molecular complexity index is 484. The van der Waals surface area contributed by atoms with E-state index in [2.05, 4.69) is 27.7 Å². The molecule has 1 nitrogen and oxygen atoms in total. The Labute approximate surface area is 162 Å². The summed E-state index contributed by atoms with van der Waals surface area (Å²) in [5.74, 6) is 5.97. The van der Waals surface area contributed by atoms with E-state index in [1.54, 1.807) is 0 Å². The van der Waals surface area contributed by atoms with Crippen LogP contribution in [0.5, 0.6) is 0 Å². The van der Waals surface area contributed by atoms with Crippen LogP contribution in [0.1, 0.15) is 105 Å². The van der Waals surface area contributed by atoms with Crippen molar-refractivity contribution in [3.05, 3.63) is 0 Å². The van der Waals surface area contributed by atoms with Gasteiger partial charge in [-0.3, -0.25) is 4.79 Å². The monoisotopic (exact) mass is 358 g/mol. The summed E-state index contributed by atoms with van der Waals surface area (Å²) in [5.41, 5.74) is 1.13. The fourth-order valence-electron chi connectivity index (χ4n) is 7.82. The molecule has 6 aliphatic carbocycles. The second-order valence-electron chi connectivity index (χ2n) is 12.1. The third kappa shape index (κ3) is 3.66. The zero-order valence-electron chi connectivity index (χ0n) is 17.9. The third-order valence-electron chi connectivity index (χ3n) is 9.65. The van der Waals surface area contributed by atoms with Gasteiger partial charge in [0.05, 0.1) is 0 Å². The van der Waals surface area contributed by atoms with Gasteiger partial charge in [0.2, 0.25) is 0 Å². The molecule has 0 spiro atoms. The maximum absolute atomic E-state index is 12.6. The van der Waals surface area contributed by atoms with E-state index in [9.17, 15) is 4.79 Å². The van der Waals surface area contributed by atoms with Gasteiger partial charge >= 0.3 is 0 Å². The van der Waals surface area contributed by atoms with E-state index >= 15 is 0 Å². The smallest absolute Gasteiger partial charge is 0.132 e. The normalized spacial score (nSPS) is 42.8. The highest BCUT2D eigenvalue weighted by Gasteiger charge is 2.46. The fraction of sp³-hybridized carbons (Fsp3) is 0.960. The number of Topliss-reactive ketones (excluding diaryl/α,β-unsaturated/α-hetero) is 1. The molecule has 6 unspecified atom stereocenters. The Kier molecular flexibility index (Phi) is 5.06. The predicted molar refractivity (Wildman–Crippen MR) is 109 cm³/mol. The van der Waals surface area contributed by atoms with Gasteiger partial charge < -0.3 is 0 Å². The molecule has 0 aromatic carbocycles. The van der Waals surface area contributed by atoms with Crippen LogP contribution in [0.25, 0.3) is 0 Å². The topological polar surface area (TPSA) is 17.1 Å². The van der Waals surface area contributed by atoms with Crippen LogP contribution in [0.15, 0.2) is 0 Å². The molecule has 0 amide bonds. The van der Waals surface area contributed by atoms with Gasteiger partial charge in [-0.15, -0.1) is 0 Å². The lowest BCUT2D eigenvalue weighted by Gasteiger charge is -2.52. The van der Waals surface area contributed by atoms with Crippen molar-refractivity contribution in [2.75, 3.05) is 0 Å². The number of carbonyl (C=O) groups is 1. The minimum Gasteiger partial charge on any atom is -0.300 e. The highest BCUT2D eigenvalue weighted by Crippen LogP contribution is 2.56. The van der Waals surface area contributed by atoms with Crippen molar-refractivity contribution in [1.82, 2.24) is 0 Å². The SMILES string of the molecule is CC1(C)CC2CCC1CC2CCC(=O)CCC1CC2CCC1CC2(C)C. The molecular weight excluding hydrogens is 316 g/mol. The predicted octanol–water partition coefficient (Wildman–Crippen LogP) is 7.04. The van der Waals surface area contributed by atoms with Gasteiger partial charge in [-0.25, -0.2) is 0 Å². The second-order valence-corrected chi connectivity index (χ2v) is 12.1. The Morgan fingerprint density at radius 1 is 0.731 bits per heavy atom. The highest BCUT2D eigenvalue weighted by molar-refractivity contribution is 5.78. The number of carbonyl (C=O) groups excluding carboxylic acids is 1. The van der Waals surface area contributed by atoms with E-state index in [4.69, 9.17) is 0 Å². The van der Waals surface area contributed by atoms with Gasteiger partial charge in [-0.2, -0.15) is 0 Å². The lowest BCUT2D eigenvalue weighted by molar-refractivity contribution is -0.120. The maximum Gasteiger partial charge on any atom is 0.132 e. The standard InChI is InChI=1S/C25H42O/c1-24(2)15-19-5-9-21(24)13-17(19)7-11-23(26)12-8-18-14-22-10-6-20(18)16-25(22,3)4/h17-22H,5-16H2,1-4H3. The van der Waals surface area contributed by atoms with Crippen LogP contribution in [0.4, 0.5) is 0 Å². The molecule has 0 aromatic heterocycles. The first-order valence-electron chi connectivity index (χ1n) is 11.8. The quantitative estimate of drug-likeness (QED) is 0.497. The number of fused-ring (bicyclic) bond motifs is 6. The molecule has 0 aliphatic heterocycles. The Morgan fingerprint density at radius 2 is 1.15 bits per heavy atom. The molecule has 0 radical (unpaired) electrons. The third-order valence-corrected chi connectivity index (χ3v) is 9.65. The van der Waals surface area contributed by atoms with Gasteiger partial charge in [0.15, 0.2) is 0 Å². The van der Waals surface area contributed by atoms with E-state index in [1.807, 2.05) is 0 Å². The molecule has 1 heteroatoms. The molecule has 26 heavy (non-hydrogen) atoms. The van der Waals surface area contributed by atoms with Crippen LogP contribution in [0, 0.1) is 46.3 Å². The van der Waals surface area contributed by atoms with Crippen LogP contribution in [-0.2, 0) is 4.79 Å². The van der Waals surface area contributed by atoms with Gasteiger partial charge in [0.25, 0.3) is 0 Å². The molecule has 0 heterocycles. The molecular formula is C25H42O. The average molecular weight is 359 g/mol. The minimum absolute atomic E-state index is 0.567. The van der Waals surface area contributed by atoms with Crippen molar-refractivity contribution in [1.29, 1.82) is 0 Å². The van der Waals surface area contributed by atoms with Crippen LogP contribution in [0.3, 0.4) is 0 Å². The highest BCUT2D eigenvalue weighted by atomic mass is 16.1. The van der Waals surface area contributed by atoms with E-state index in [0.717, 1.165) is 48.3 Å². The summed E-state index contributed by atoms with van der Waals surface area (Å²) < 4.78 is 0. The van der Waals surface area contributed by atoms with Crippen LogP contribution < -0.4 is 0 Å². The molecule has 6 saturated carbocycles. The summed E-state index contributed by atoms with van der Waals surface area (Å²) >= 11 is 0. The van der Waals surface area contributed by atoms with Crippen LogP contribution in [0.2, 0.25) is 0 Å². The largest absolute Gasteiger partial charge is 0.300 e. The first kappa shape index (κ1) is 19.0. The van der Waals surface area contributed by atoms with Crippen molar-refractivity contribution in [2.45, 2.75) is 105 Å². The number of ketones is 1. The van der Waals surface area contributed by atoms with Gasteiger partial charge in [0.1, 0.15) is 5.78 Å². The van der Waals surface area contributed by atoms with Gasteiger partial charge in [-0.1, -0.05) is 27.7 Å². The van der Waals surface area contributed by atoms with Crippen molar-refractivity contribution in [3.8, 4) is 0 Å². The summed E-state index contributed by atoms with van der Waals surface area (Å²) in [6.45, 7) is 9.91. The molecule has 6 atom stereocenters. The van der Waals surface area contributed by atoms with Crippen LogP contribution >= 0.6 is 0 Å². The first-order chi connectivity index (χ1) is 12.2. The van der Waals surface area contributed by atoms with Crippen LogP contribution in [-0.4, -0.2) is 5.78 Å². The van der Waals surface area contributed by atoms with E-state index < -0.39 is 0 Å². The molecule has 6 fully saturated rings. The van der Waals surface area contributed by atoms with E-state index in [1.165, 1.54) is 64.2 Å². The number of hydrogen-bond donors (Lipinski definition) is 0. The van der Waals surface area contributed by atoms with Crippen molar-refractivity contribution < 1.29 is 4.79 Å². The second kappa shape index (κ2) is 6.93. The summed E-state index contributed by atoms with van der Waals surface area (Å²) in [6.07, 6.45) is 15.6. The minimum atomic E-state index is 0.567. The maximum atomic E-state index is 12.6. The van der Waals surface area contributed by atoms with Gasteiger partial charge in [-0.05, 0) is 111 Å². The molecule has 148 valence electrons. The number of hydrogen-bond acceptors (Lipinski definition) is 1. The lowest BCUT2D eigenvalue weighted by Crippen LogP contribution is -2.43. The lowest BCUT2D eigenvalue weighted by atomic mass is 9.53. The van der Waals surface area contributed by atoms with E-state index in [-0.39, 0.29) is 0 Å². The molecule has 0 saturated heterocycles. The summed E-state index contributed by atoms with van der Waals surface area (Å²) in [5, 5.41) is 0. The zero-order chi connectivity index (χ0) is 18.5. The fourth-order valence-corrected chi connectivity index (χ4v) is 7.82. The molecule has 0 aromatic rings. The summed E-state index contributed by atoms with van der Waals surface area (Å²) in [4.78, 5) is 12.6. The molecule has 0 N–H and O–H groups in total. The molecule has 6 rings (SSSR count). The Hall–Kier alpha value is -0.330. The molecule has 6 aliphatic rings. The average Bonchev–Trinajstić information content (AvgIpc) is 2.58. The van der Waals surface area contributed by atoms with Gasteiger partial charge in [0, 0.05) is 12.8 Å². The Morgan fingerprint density at radius 3 is 1.46 bits per heavy atom. The number of rotatable bonds is 6. The summed E-state index contributed by atoms with van der Waals surface area (Å²) in [6, 6.07) is 0. The van der Waals surface area contributed by atoms with Crippen molar-refractivity contribution >= 4 is 5.78 Å². The zero-order valence-corrected chi connectivity index (χ0v) is 17.9. The van der Waals surface area contributed by atoms with Crippen molar-refractivity contribution in [3.63, 3.8) is 0 Å². The van der Waals surface area contributed by atoms with Crippen molar-refractivity contribution in [2.24, 2.45) is 46.3 Å². The Balaban J connectivity index is 1.20. The van der Waals surface area contributed by atoms with E-state index in [0.29, 0.717) is 16.6 Å². The molecule has 4 bridgehead atoms.